The van der Waals surface area contributed by atoms with E-state index in [2.05, 4.69) is 22.9 Å². The Balaban J connectivity index is 2.20. The molecule has 1 atom stereocenters. The van der Waals surface area contributed by atoms with Crippen LogP contribution in [0.5, 0.6) is 0 Å². The van der Waals surface area contributed by atoms with E-state index in [0.29, 0.717) is 10.0 Å². The molecule has 0 radical (unpaired) electrons. The van der Waals surface area contributed by atoms with E-state index in [0.717, 1.165) is 18.4 Å². The molecular weight excluding hydrogens is 319 g/mol. The van der Waals surface area contributed by atoms with Gasteiger partial charge in [0.05, 0.1) is 4.47 Å². The fourth-order valence-corrected chi connectivity index (χ4v) is 2.64. The fraction of sp³-hybridized carbons (Fsp3) is 0.294. The Morgan fingerprint density at radius 3 is 2.50 bits per heavy atom. The third-order valence-electron chi connectivity index (χ3n) is 3.39. The molecule has 2 rings (SSSR count). The predicted molar refractivity (Wildman–Crippen MR) is 83.2 cm³/mol. The minimum atomic E-state index is -0.819. The van der Waals surface area contributed by atoms with Gasteiger partial charge in [-0.1, -0.05) is 49.7 Å². The van der Waals surface area contributed by atoms with Gasteiger partial charge >= 0.3 is 0 Å². The Morgan fingerprint density at radius 2 is 1.85 bits per heavy atom. The summed E-state index contributed by atoms with van der Waals surface area (Å²) in [4.78, 5) is 0. The summed E-state index contributed by atoms with van der Waals surface area (Å²) in [5.74, 6) is -0.360. The molecule has 1 unspecified atom stereocenters. The quantitative estimate of drug-likeness (QED) is 0.813. The average Bonchev–Trinajstić information content (AvgIpc) is 2.48. The number of unbranched alkanes of at least 4 members (excludes halogenated alkanes) is 1. The van der Waals surface area contributed by atoms with Crippen molar-refractivity contribution in [2.45, 2.75) is 32.3 Å². The van der Waals surface area contributed by atoms with Gasteiger partial charge in [-0.15, -0.1) is 0 Å². The van der Waals surface area contributed by atoms with Crippen molar-refractivity contribution in [1.82, 2.24) is 0 Å². The van der Waals surface area contributed by atoms with E-state index in [1.54, 1.807) is 12.1 Å². The lowest BCUT2D eigenvalue weighted by atomic mass is 9.99. The van der Waals surface area contributed by atoms with Crippen LogP contribution in [-0.2, 0) is 6.42 Å². The minimum Gasteiger partial charge on any atom is -0.384 e. The van der Waals surface area contributed by atoms with Gasteiger partial charge in [-0.3, -0.25) is 0 Å². The largest absolute Gasteiger partial charge is 0.384 e. The maximum Gasteiger partial charge on any atom is 0.137 e. The van der Waals surface area contributed by atoms with Crippen molar-refractivity contribution >= 4 is 15.9 Å². The molecule has 0 bridgehead atoms. The molecule has 0 amide bonds. The van der Waals surface area contributed by atoms with Crippen LogP contribution in [0.15, 0.2) is 46.9 Å². The topological polar surface area (TPSA) is 20.2 Å². The van der Waals surface area contributed by atoms with E-state index in [9.17, 15) is 9.50 Å². The van der Waals surface area contributed by atoms with Crippen LogP contribution >= 0.6 is 15.9 Å². The minimum absolute atomic E-state index is 0.322. The van der Waals surface area contributed by atoms with E-state index in [1.807, 2.05) is 24.3 Å². The van der Waals surface area contributed by atoms with Crippen molar-refractivity contribution in [1.29, 1.82) is 0 Å². The van der Waals surface area contributed by atoms with Crippen LogP contribution in [-0.4, -0.2) is 5.11 Å². The van der Waals surface area contributed by atoms with E-state index in [1.165, 1.54) is 18.1 Å². The second-order valence-electron chi connectivity index (χ2n) is 4.89. The zero-order chi connectivity index (χ0) is 14.5. The lowest BCUT2D eigenvalue weighted by molar-refractivity contribution is 0.219. The number of benzene rings is 2. The first-order chi connectivity index (χ1) is 9.63. The van der Waals surface area contributed by atoms with Crippen LogP contribution in [0, 0.1) is 5.82 Å². The first-order valence-electron chi connectivity index (χ1n) is 6.84. The van der Waals surface area contributed by atoms with Crippen molar-refractivity contribution in [3.63, 3.8) is 0 Å². The summed E-state index contributed by atoms with van der Waals surface area (Å²) in [5, 5.41) is 10.4. The molecular formula is C17H18BrFO. The van der Waals surface area contributed by atoms with Crippen molar-refractivity contribution in [2.75, 3.05) is 0 Å². The summed E-state index contributed by atoms with van der Waals surface area (Å²) in [5.41, 5.74) is 2.59. The molecule has 0 heterocycles. The molecule has 0 aromatic heterocycles. The number of aliphatic hydroxyl groups is 1. The molecule has 1 nitrogen and oxygen atoms in total. The van der Waals surface area contributed by atoms with Gasteiger partial charge in [0.1, 0.15) is 11.9 Å². The zero-order valence-electron chi connectivity index (χ0n) is 11.4. The summed E-state index contributed by atoms with van der Waals surface area (Å²) in [6.45, 7) is 2.17. The van der Waals surface area contributed by atoms with Gasteiger partial charge in [-0.05, 0) is 46.0 Å². The number of aryl methyl sites for hydroxylation is 1. The van der Waals surface area contributed by atoms with Crippen LogP contribution in [0.4, 0.5) is 4.39 Å². The highest BCUT2D eigenvalue weighted by molar-refractivity contribution is 9.10. The number of rotatable bonds is 5. The molecule has 106 valence electrons. The average molecular weight is 337 g/mol. The maximum atomic E-state index is 13.5. The molecule has 0 aliphatic heterocycles. The van der Waals surface area contributed by atoms with E-state index in [-0.39, 0.29) is 5.82 Å². The Kier molecular flexibility index (Phi) is 5.32. The number of hydrogen-bond donors (Lipinski definition) is 1. The molecule has 2 aromatic rings. The van der Waals surface area contributed by atoms with Crippen LogP contribution in [0.1, 0.15) is 42.6 Å². The summed E-state index contributed by atoms with van der Waals surface area (Å²) in [6.07, 6.45) is 2.56. The Bertz CT molecular complexity index is 566. The first-order valence-corrected chi connectivity index (χ1v) is 7.63. The molecule has 0 spiro atoms. The highest BCUT2D eigenvalue weighted by Gasteiger charge is 2.15. The van der Waals surface area contributed by atoms with Gasteiger partial charge < -0.3 is 5.11 Å². The molecule has 0 aliphatic carbocycles. The van der Waals surface area contributed by atoms with Gasteiger partial charge in [0.25, 0.3) is 0 Å². The molecule has 0 aliphatic rings. The zero-order valence-corrected chi connectivity index (χ0v) is 13.0. The monoisotopic (exact) mass is 336 g/mol. The van der Waals surface area contributed by atoms with E-state index < -0.39 is 6.10 Å². The SMILES string of the molecule is CCCCc1ccc(C(O)c2cccc(F)c2Br)cc1. The lowest BCUT2D eigenvalue weighted by Gasteiger charge is -2.14. The van der Waals surface area contributed by atoms with Crippen molar-refractivity contribution < 1.29 is 9.50 Å². The lowest BCUT2D eigenvalue weighted by Crippen LogP contribution is -2.02. The maximum absolute atomic E-state index is 13.5. The standard InChI is InChI=1S/C17H18BrFO/c1-2-3-5-12-8-10-13(11-9-12)17(20)14-6-4-7-15(19)16(14)18/h4,6-11,17,20H,2-3,5H2,1H3. The molecule has 1 N–H and O–H groups in total. The van der Waals surface area contributed by atoms with Crippen LogP contribution in [0.3, 0.4) is 0 Å². The second kappa shape index (κ2) is 7.00. The number of hydrogen-bond acceptors (Lipinski definition) is 1. The molecule has 3 heteroatoms. The molecule has 0 saturated heterocycles. The van der Waals surface area contributed by atoms with E-state index >= 15 is 0 Å². The molecule has 0 fully saturated rings. The second-order valence-corrected chi connectivity index (χ2v) is 5.68. The van der Waals surface area contributed by atoms with Gasteiger partial charge in [-0.25, -0.2) is 4.39 Å². The van der Waals surface area contributed by atoms with E-state index in [4.69, 9.17) is 0 Å². The van der Waals surface area contributed by atoms with Gasteiger partial charge in [0.15, 0.2) is 0 Å². The fourth-order valence-electron chi connectivity index (χ4n) is 2.16. The third kappa shape index (κ3) is 3.47. The Hall–Kier alpha value is -1.19. The summed E-state index contributed by atoms with van der Waals surface area (Å²) in [6, 6.07) is 12.6. The highest BCUT2D eigenvalue weighted by atomic mass is 79.9. The normalized spacial score (nSPS) is 12.4. The molecule has 0 saturated carbocycles. The summed E-state index contributed by atoms with van der Waals surface area (Å²) in [7, 11) is 0. The number of halogens is 2. The smallest absolute Gasteiger partial charge is 0.137 e. The van der Waals surface area contributed by atoms with Crippen molar-refractivity contribution in [3.8, 4) is 0 Å². The molecule has 2 aromatic carbocycles. The molecule has 20 heavy (non-hydrogen) atoms. The van der Waals surface area contributed by atoms with Crippen molar-refractivity contribution in [3.05, 3.63) is 69.4 Å². The van der Waals surface area contributed by atoms with Crippen LogP contribution in [0.2, 0.25) is 0 Å². The summed E-state index contributed by atoms with van der Waals surface area (Å²) >= 11 is 3.19. The summed E-state index contributed by atoms with van der Waals surface area (Å²) < 4.78 is 13.8. The first kappa shape index (κ1) is 15.2. The van der Waals surface area contributed by atoms with Gasteiger partial charge in [0, 0.05) is 5.56 Å². The Morgan fingerprint density at radius 1 is 1.15 bits per heavy atom. The van der Waals surface area contributed by atoms with Gasteiger partial charge in [-0.2, -0.15) is 0 Å². The predicted octanol–water partition coefficient (Wildman–Crippen LogP) is 5.01. The van der Waals surface area contributed by atoms with Crippen molar-refractivity contribution in [2.24, 2.45) is 0 Å². The third-order valence-corrected chi connectivity index (χ3v) is 4.23. The van der Waals surface area contributed by atoms with Crippen LogP contribution < -0.4 is 0 Å². The highest BCUT2D eigenvalue weighted by Crippen LogP contribution is 2.30. The van der Waals surface area contributed by atoms with Gasteiger partial charge in [0.2, 0.25) is 0 Å². The number of aliphatic hydroxyl groups excluding tert-OH is 1. The van der Waals surface area contributed by atoms with Crippen LogP contribution in [0.25, 0.3) is 0 Å². The Labute approximate surface area is 127 Å².